The summed E-state index contributed by atoms with van der Waals surface area (Å²) >= 11 is 3.79. The SMILES string of the molecule is CCCNC1CCCc2sc(N(C)CCSC)nc21. The molecule has 2 rings (SSSR count). The lowest BCUT2D eigenvalue weighted by Gasteiger charge is -2.22. The molecule has 1 aromatic rings. The lowest BCUT2D eigenvalue weighted by atomic mass is 9.97. The monoisotopic (exact) mass is 299 g/mol. The minimum atomic E-state index is 0.489. The summed E-state index contributed by atoms with van der Waals surface area (Å²) < 4.78 is 0. The van der Waals surface area contributed by atoms with Crippen molar-refractivity contribution in [1.82, 2.24) is 10.3 Å². The van der Waals surface area contributed by atoms with Crippen LogP contribution in [0.25, 0.3) is 0 Å². The molecular formula is C14H25N3S2. The largest absolute Gasteiger partial charge is 0.350 e. The lowest BCUT2D eigenvalue weighted by Crippen LogP contribution is -2.26. The molecule has 1 heterocycles. The normalized spacial score (nSPS) is 18.4. The Labute approximate surface area is 125 Å². The van der Waals surface area contributed by atoms with Gasteiger partial charge in [0.2, 0.25) is 0 Å². The third kappa shape index (κ3) is 3.86. The van der Waals surface area contributed by atoms with Gasteiger partial charge in [0.1, 0.15) is 0 Å². The van der Waals surface area contributed by atoms with Crippen molar-refractivity contribution in [3.8, 4) is 0 Å². The minimum Gasteiger partial charge on any atom is -0.350 e. The van der Waals surface area contributed by atoms with Crippen LogP contribution in [0, 0.1) is 0 Å². The predicted molar refractivity (Wildman–Crippen MR) is 87.7 cm³/mol. The number of aromatic nitrogens is 1. The van der Waals surface area contributed by atoms with Crippen LogP contribution in [0.15, 0.2) is 0 Å². The zero-order valence-electron chi connectivity index (χ0n) is 12.2. The van der Waals surface area contributed by atoms with E-state index >= 15 is 0 Å². The number of fused-ring (bicyclic) bond motifs is 1. The molecule has 1 aromatic heterocycles. The van der Waals surface area contributed by atoms with E-state index in [1.54, 1.807) is 0 Å². The summed E-state index contributed by atoms with van der Waals surface area (Å²) in [5.41, 5.74) is 1.33. The van der Waals surface area contributed by atoms with Crippen molar-refractivity contribution in [3.63, 3.8) is 0 Å². The van der Waals surface area contributed by atoms with Gasteiger partial charge in [0.25, 0.3) is 0 Å². The van der Waals surface area contributed by atoms with Crippen molar-refractivity contribution >= 4 is 28.2 Å². The zero-order valence-corrected chi connectivity index (χ0v) is 13.9. The number of nitrogens with one attached hydrogen (secondary N) is 1. The van der Waals surface area contributed by atoms with E-state index in [0.717, 1.165) is 18.8 Å². The van der Waals surface area contributed by atoms with E-state index in [0.29, 0.717) is 6.04 Å². The van der Waals surface area contributed by atoms with Gasteiger partial charge in [-0.3, -0.25) is 0 Å². The molecule has 0 amide bonds. The molecule has 1 atom stereocenters. The maximum absolute atomic E-state index is 4.91. The lowest BCUT2D eigenvalue weighted by molar-refractivity contribution is 0.454. The highest BCUT2D eigenvalue weighted by atomic mass is 32.2. The molecule has 0 saturated heterocycles. The molecule has 0 aromatic carbocycles. The molecule has 0 bridgehead atoms. The van der Waals surface area contributed by atoms with E-state index in [1.165, 1.54) is 41.4 Å². The van der Waals surface area contributed by atoms with E-state index < -0.39 is 0 Å². The van der Waals surface area contributed by atoms with Gasteiger partial charge in [0, 0.05) is 24.2 Å². The van der Waals surface area contributed by atoms with Crippen molar-refractivity contribution in [2.24, 2.45) is 0 Å². The molecule has 108 valence electrons. The first-order valence-electron chi connectivity index (χ1n) is 7.19. The average Bonchev–Trinajstić information content (AvgIpc) is 2.87. The highest BCUT2D eigenvalue weighted by molar-refractivity contribution is 7.98. The summed E-state index contributed by atoms with van der Waals surface area (Å²) in [6.07, 6.45) is 7.10. The first-order chi connectivity index (χ1) is 9.26. The van der Waals surface area contributed by atoms with Gasteiger partial charge in [0.05, 0.1) is 11.7 Å². The summed E-state index contributed by atoms with van der Waals surface area (Å²) in [6, 6.07) is 0.489. The highest BCUT2D eigenvalue weighted by Gasteiger charge is 2.24. The summed E-state index contributed by atoms with van der Waals surface area (Å²) in [5.74, 6) is 1.16. The molecule has 0 aliphatic heterocycles. The first-order valence-corrected chi connectivity index (χ1v) is 9.40. The van der Waals surface area contributed by atoms with E-state index in [4.69, 9.17) is 4.98 Å². The van der Waals surface area contributed by atoms with Crippen LogP contribution in [0.5, 0.6) is 0 Å². The van der Waals surface area contributed by atoms with Crippen LogP contribution in [-0.2, 0) is 6.42 Å². The fourth-order valence-electron chi connectivity index (χ4n) is 2.41. The van der Waals surface area contributed by atoms with E-state index in [9.17, 15) is 0 Å². The smallest absolute Gasteiger partial charge is 0.185 e. The van der Waals surface area contributed by atoms with Crippen LogP contribution in [0.1, 0.15) is 42.8 Å². The van der Waals surface area contributed by atoms with Gasteiger partial charge in [0.15, 0.2) is 5.13 Å². The Bertz CT molecular complexity index is 392. The number of nitrogens with zero attached hydrogens (tertiary/aromatic N) is 2. The van der Waals surface area contributed by atoms with Crippen LogP contribution in [0.2, 0.25) is 0 Å². The number of anilines is 1. The fourth-order valence-corrected chi connectivity index (χ4v) is 4.02. The van der Waals surface area contributed by atoms with Gasteiger partial charge < -0.3 is 10.2 Å². The second kappa shape index (κ2) is 7.50. The maximum atomic E-state index is 4.91. The Balaban J connectivity index is 2.07. The molecule has 5 heteroatoms. The van der Waals surface area contributed by atoms with Crippen molar-refractivity contribution in [2.45, 2.75) is 38.6 Å². The number of hydrogen-bond acceptors (Lipinski definition) is 5. The van der Waals surface area contributed by atoms with Crippen molar-refractivity contribution in [1.29, 1.82) is 0 Å². The van der Waals surface area contributed by atoms with Crippen LogP contribution < -0.4 is 10.2 Å². The third-order valence-corrected chi connectivity index (χ3v) is 5.38. The van der Waals surface area contributed by atoms with Crippen LogP contribution in [0.4, 0.5) is 5.13 Å². The molecule has 1 N–H and O–H groups in total. The zero-order chi connectivity index (χ0) is 13.7. The Morgan fingerprint density at radius 1 is 1.53 bits per heavy atom. The predicted octanol–water partition coefficient (Wildman–Crippen LogP) is 3.32. The molecule has 0 saturated carbocycles. The minimum absolute atomic E-state index is 0.489. The molecule has 0 fully saturated rings. The molecule has 1 aliphatic carbocycles. The number of rotatable bonds is 7. The van der Waals surface area contributed by atoms with Crippen molar-refractivity contribution in [2.75, 3.05) is 37.0 Å². The molecule has 3 nitrogen and oxygen atoms in total. The molecular weight excluding hydrogens is 274 g/mol. The summed E-state index contributed by atoms with van der Waals surface area (Å²) in [5, 5.41) is 4.84. The molecule has 1 aliphatic rings. The van der Waals surface area contributed by atoms with Crippen molar-refractivity contribution < 1.29 is 0 Å². The quantitative estimate of drug-likeness (QED) is 0.836. The van der Waals surface area contributed by atoms with Gasteiger partial charge in [-0.15, -0.1) is 11.3 Å². The Kier molecular flexibility index (Phi) is 5.98. The summed E-state index contributed by atoms with van der Waals surface area (Å²) in [7, 11) is 2.16. The Hall–Kier alpha value is -0.260. The van der Waals surface area contributed by atoms with Gasteiger partial charge in [-0.05, 0) is 38.5 Å². The number of aryl methyl sites for hydroxylation is 1. The summed E-state index contributed by atoms with van der Waals surface area (Å²) in [4.78, 5) is 8.72. The Morgan fingerprint density at radius 2 is 2.37 bits per heavy atom. The van der Waals surface area contributed by atoms with E-state index in [-0.39, 0.29) is 0 Å². The van der Waals surface area contributed by atoms with Crippen LogP contribution in [-0.4, -0.2) is 37.1 Å². The average molecular weight is 300 g/mol. The highest BCUT2D eigenvalue weighted by Crippen LogP contribution is 2.36. The second-order valence-corrected chi connectivity index (χ2v) is 7.17. The number of thioether (sulfide) groups is 1. The summed E-state index contributed by atoms with van der Waals surface area (Å²) in [6.45, 7) is 4.40. The van der Waals surface area contributed by atoms with Gasteiger partial charge in [-0.1, -0.05) is 6.92 Å². The number of hydrogen-bond donors (Lipinski definition) is 1. The van der Waals surface area contributed by atoms with Gasteiger partial charge in [-0.2, -0.15) is 11.8 Å². The van der Waals surface area contributed by atoms with Crippen LogP contribution in [0.3, 0.4) is 0 Å². The van der Waals surface area contributed by atoms with Crippen molar-refractivity contribution in [3.05, 3.63) is 10.6 Å². The third-order valence-electron chi connectivity index (χ3n) is 3.54. The maximum Gasteiger partial charge on any atom is 0.185 e. The first kappa shape index (κ1) is 15.1. The molecule has 0 radical (unpaired) electrons. The number of thiazole rings is 1. The van der Waals surface area contributed by atoms with Gasteiger partial charge in [-0.25, -0.2) is 4.98 Å². The van der Waals surface area contributed by atoms with E-state index in [2.05, 4.69) is 30.4 Å². The Morgan fingerprint density at radius 3 is 3.11 bits per heavy atom. The molecule has 1 unspecified atom stereocenters. The van der Waals surface area contributed by atoms with Crippen LogP contribution >= 0.6 is 23.1 Å². The second-order valence-electron chi connectivity index (χ2n) is 5.12. The molecule has 19 heavy (non-hydrogen) atoms. The topological polar surface area (TPSA) is 28.2 Å². The standard InChI is InChI=1S/C14H25N3S2/c1-4-8-15-11-6-5-7-12-13(11)16-14(19-12)17(2)9-10-18-3/h11,15H,4-10H2,1-3H3. The van der Waals surface area contributed by atoms with E-state index in [1.807, 2.05) is 23.1 Å². The van der Waals surface area contributed by atoms with Gasteiger partial charge >= 0.3 is 0 Å². The molecule has 0 spiro atoms. The fraction of sp³-hybridized carbons (Fsp3) is 0.786.